The van der Waals surface area contributed by atoms with Gasteiger partial charge in [0.1, 0.15) is 5.60 Å². The average Bonchev–Trinajstić information content (AvgIpc) is 2.71. The van der Waals surface area contributed by atoms with Crippen LogP contribution in [0.25, 0.3) is 0 Å². The van der Waals surface area contributed by atoms with E-state index in [0.717, 1.165) is 16.7 Å². The second-order valence-corrected chi connectivity index (χ2v) is 7.39. The monoisotopic (exact) mass is 346 g/mol. The highest BCUT2D eigenvalue weighted by Gasteiger charge is 2.38. The van der Waals surface area contributed by atoms with Crippen LogP contribution < -0.4 is 0 Å². The number of aliphatic hydroxyl groups excluding tert-OH is 1. The van der Waals surface area contributed by atoms with Crippen molar-refractivity contribution in [3.8, 4) is 0 Å². The Bertz CT molecular complexity index is 699. The summed E-state index contributed by atoms with van der Waals surface area (Å²) in [5.41, 5.74) is 2.17. The third-order valence-electron chi connectivity index (χ3n) is 4.65. The van der Waals surface area contributed by atoms with Crippen molar-refractivity contribution < 1.29 is 9.84 Å². The molecule has 26 heavy (non-hydrogen) atoms. The first-order chi connectivity index (χ1) is 12.6. The Morgan fingerprint density at radius 3 is 1.31 bits per heavy atom. The van der Waals surface area contributed by atoms with Crippen molar-refractivity contribution in [1.29, 1.82) is 0 Å². The molecule has 0 radical (unpaired) electrons. The molecule has 0 heterocycles. The van der Waals surface area contributed by atoms with Gasteiger partial charge in [0.15, 0.2) is 0 Å². The molecule has 0 aliphatic heterocycles. The first-order valence-electron chi connectivity index (χ1n) is 9.00. The number of aliphatic hydroxyl groups is 1. The number of rotatable bonds is 7. The normalized spacial score (nSPS) is 12.1. The lowest BCUT2D eigenvalue weighted by molar-refractivity contribution is -0.0457. The molecule has 0 saturated heterocycles. The van der Waals surface area contributed by atoms with Gasteiger partial charge in [-0.3, -0.25) is 0 Å². The van der Waals surface area contributed by atoms with Gasteiger partial charge in [-0.05, 0) is 16.7 Å². The minimum Gasteiger partial charge on any atom is -0.396 e. The molecule has 0 saturated carbocycles. The maximum absolute atomic E-state index is 9.72. The fourth-order valence-corrected chi connectivity index (χ4v) is 3.12. The van der Waals surface area contributed by atoms with Crippen LogP contribution in [0.1, 0.15) is 30.5 Å². The lowest BCUT2D eigenvalue weighted by atomic mass is 9.79. The van der Waals surface area contributed by atoms with Crippen LogP contribution in [-0.2, 0) is 10.3 Å². The summed E-state index contributed by atoms with van der Waals surface area (Å²) in [5, 5.41) is 9.72. The summed E-state index contributed by atoms with van der Waals surface area (Å²) in [7, 11) is 0. The van der Waals surface area contributed by atoms with Gasteiger partial charge in [0.25, 0.3) is 0 Å². The molecule has 2 heteroatoms. The highest BCUT2D eigenvalue weighted by atomic mass is 16.5. The second kappa shape index (κ2) is 7.86. The number of hydrogen-bond donors (Lipinski definition) is 1. The van der Waals surface area contributed by atoms with Crippen LogP contribution in [0, 0.1) is 5.41 Å². The van der Waals surface area contributed by atoms with Crippen molar-refractivity contribution in [3.05, 3.63) is 108 Å². The van der Waals surface area contributed by atoms with Crippen LogP contribution in [0.15, 0.2) is 91.0 Å². The van der Waals surface area contributed by atoms with Crippen molar-refractivity contribution in [3.63, 3.8) is 0 Å². The third-order valence-corrected chi connectivity index (χ3v) is 4.65. The zero-order valence-electron chi connectivity index (χ0n) is 15.4. The van der Waals surface area contributed by atoms with Gasteiger partial charge in [-0.2, -0.15) is 0 Å². The second-order valence-electron chi connectivity index (χ2n) is 7.39. The van der Waals surface area contributed by atoms with Gasteiger partial charge in [-0.15, -0.1) is 0 Å². The van der Waals surface area contributed by atoms with Crippen LogP contribution in [-0.4, -0.2) is 18.3 Å². The Labute approximate surface area is 156 Å². The van der Waals surface area contributed by atoms with Gasteiger partial charge in [-0.1, -0.05) is 105 Å². The van der Waals surface area contributed by atoms with Crippen molar-refractivity contribution >= 4 is 0 Å². The maximum atomic E-state index is 9.72. The van der Waals surface area contributed by atoms with E-state index in [1.165, 1.54) is 0 Å². The maximum Gasteiger partial charge on any atom is 0.143 e. The molecule has 0 spiro atoms. The van der Waals surface area contributed by atoms with E-state index in [9.17, 15) is 5.11 Å². The van der Waals surface area contributed by atoms with E-state index in [0.29, 0.717) is 6.61 Å². The molecule has 3 aromatic rings. The quantitative estimate of drug-likeness (QED) is 0.609. The highest BCUT2D eigenvalue weighted by Crippen LogP contribution is 2.41. The molecule has 0 amide bonds. The number of ether oxygens (including phenoxy) is 1. The van der Waals surface area contributed by atoms with Gasteiger partial charge < -0.3 is 9.84 Å². The molecule has 0 fully saturated rings. The molecular weight excluding hydrogens is 320 g/mol. The van der Waals surface area contributed by atoms with Crippen molar-refractivity contribution in [2.75, 3.05) is 13.2 Å². The highest BCUT2D eigenvalue weighted by molar-refractivity contribution is 5.47. The summed E-state index contributed by atoms with van der Waals surface area (Å²) in [6.07, 6.45) is 0. The SMILES string of the molecule is CC(C)(CO)COC(c1ccccc1)(c1ccccc1)c1ccccc1. The largest absolute Gasteiger partial charge is 0.396 e. The molecule has 3 aromatic carbocycles. The van der Waals surface area contributed by atoms with Gasteiger partial charge in [0, 0.05) is 5.41 Å². The Morgan fingerprint density at radius 1 is 0.654 bits per heavy atom. The van der Waals surface area contributed by atoms with Crippen LogP contribution in [0.3, 0.4) is 0 Å². The first kappa shape index (κ1) is 18.4. The minimum absolute atomic E-state index is 0.0709. The van der Waals surface area contributed by atoms with Crippen LogP contribution in [0.5, 0.6) is 0 Å². The molecule has 0 unspecified atom stereocenters. The summed E-state index contributed by atoms with van der Waals surface area (Å²) in [6, 6.07) is 30.9. The Morgan fingerprint density at radius 2 is 1.00 bits per heavy atom. The topological polar surface area (TPSA) is 29.5 Å². The molecule has 3 rings (SSSR count). The summed E-state index contributed by atoms with van der Waals surface area (Å²) >= 11 is 0. The Hall–Kier alpha value is -2.42. The van der Waals surface area contributed by atoms with Gasteiger partial charge >= 0.3 is 0 Å². The minimum atomic E-state index is -0.726. The number of hydrogen-bond acceptors (Lipinski definition) is 2. The summed E-state index contributed by atoms with van der Waals surface area (Å²) in [4.78, 5) is 0. The van der Waals surface area contributed by atoms with E-state index in [-0.39, 0.29) is 12.0 Å². The standard InChI is InChI=1S/C24H26O2/c1-23(2,18-25)19-26-24(20-12-6-3-7-13-20,21-14-8-4-9-15-21)22-16-10-5-11-17-22/h3-17,25H,18-19H2,1-2H3. The van der Waals surface area contributed by atoms with E-state index in [1.807, 2.05) is 68.4 Å². The molecule has 0 bridgehead atoms. The zero-order chi connectivity index (χ0) is 18.5. The van der Waals surface area contributed by atoms with E-state index in [2.05, 4.69) is 36.4 Å². The first-order valence-corrected chi connectivity index (χ1v) is 9.00. The smallest absolute Gasteiger partial charge is 0.143 e. The van der Waals surface area contributed by atoms with Crippen molar-refractivity contribution in [2.24, 2.45) is 5.41 Å². The van der Waals surface area contributed by atoms with E-state index < -0.39 is 5.60 Å². The van der Waals surface area contributed by atoms with Gasteiger partial charge in [-0.25, -0.2) is 0 Å². The van der Waals surface area contributed by atoms with E-state index in [4.69, 9.17) is 4.74 Å². The van der Waals surface area contributed by atoms with Crippen molar-refractivity contribution in [1.82, 2.24) is 0 Å². The van der Waals surface area contributed by atoms with Gasteiger partial charge in [0.05, 0.1) is 13.2 Å². The summed E-state index contributed by atoms with van der Waals surface area (Å²) in [6.45, 7) is 4.53. The molecule has 134 valence electrons. The predicted octanol–water partition coefficient (Wildman–Crippen LogP) is 5.01. The fraction of sp³-hybridized carbons (Fsp3) is 0.250. The third kappa shape index (κ3) is 3.72. The van der Waals surface area contributed by atoms with E-state index in [1.54, 1.807) is 0 Å². The van der Waals surface area contributed by atoms with Crippen LogP contribution in [0.4, 0.5) is 0 Å². The average molecular weight is 346 g/mol. The number of benzene rings is 3. The fourth-order valence-electron chi connectivity index (χ4n) is 3.12. The molecular formula is C24H26O2. The van der Waals surface area contributed by atoms with Crippen LogP contribution in [0.2, 0.25) is 0 Å². The Kier molecular flexibility index (Phi) is 5.55. The zero-order valence-corrected chi connectivity index (χ0v) is 15.4. The van der Waals surface area contributed by atoms with Crippen molar-refractivity contribution in [2.45, 2.75) is 19.4 Å². The molecule has 0 aromatic heterocycles. The van der Waals surface area contributed by atoms with E-state index >= 15 is 0 Å². The Balaban J connectivity index is 2.21. The molecule has 2 nitrogen and oxygen atoms in total. The van der Waals surface area contributed by atoms with Crippen LogP contribution >= 0.6 is 0 Å². The predicted molar refractivity (Wildman–Crippen MR) is 106 cm³/mol. The van der Waals surface area contributed by atoms with Gasteiger partial charge in [0.2, 0.25) is 0 Å². The lowest BCUT2D eigenvalue weighted by Crippen LogP contribution is -2.37. The molecule has 0 atom stereocenters. The lowest BCUT2D eigenvalue weighted by Gasteiger charge is -2.38. The molecule has 1 N–H and O–H groups in total. The molecule has 0 aliphatic rings. The summed E-state index contributed by atoms with van der Waals surface area (Å²) < 4.78 is 6.68. The summed E-state index contributed by atoms with van der Waals surface area (Å²) in [5.74, 6) is 0. The molecule has 0 aliphatic carbocycles.